The zero-order valence-electron chi connectivity index (χ0n) is 9.93. The molecule has 0 spiro atoms. The minimum atomic E-state index is -4.89. The second-order valence-corrected chi connectivity index (χ2v) is 6.83. The summed E-state index contributed by atoms with van der Waals surface area (Å²) in [7, 11) is -4.17. The van der Waals surface area contributed by atoms with E-state index in [9.17, 15) is 26.7 Å². The van der Waals surface area contributed by atoms with E-state index in [-0.39, 0.29) is 9.92 Å². The third-order valence-electron chi connectivity index (χ3n) is 3.06. The van der Waals surface area contributed by atoms with Crippen LogP contribution < -0.4 is 0 Å². The van der Waals surface area contributed by atoms with Crippen LogP contribution in [0.25, 0.3) is 0 Å². The number of aliphatic hydroxyl groups is 1. The number of rotatable bonds is 2. The molecule has 2 heterocycles. The van der Waals surface area contributed by atoms with Gasteiger partial charge in [0.25, 0.3) is 0 Å². The van der Waals surface area contributed by atoms with E-state index in [0.717, 1.165) is 12.3 Å². The fraction of sp³-hybridized carbons (Fsp3) is 0.500. The summed E-state index contributed by atoms with van der Waals surface area (Å²) in [4.78, 5) is 3.28. The van der Waals surface area contributed by atoms with Crippen molar-refractivity contribution in [1.82, 2.24) is 9.29 Å². The average molecular weight is 331 g/mol. The normalized spacial score (nSPS) is 25.1. The summed E-state index contributed by atoms with van der Waals surface area (Å²) in [5.41, 5.74) is -3.02. The first kappa shape index (κ1) is 15.5. The number of hydrogen-bond acceptors (Lipinski definition) is 4. The molecule has 0 bridgehead atoms. The van der Waals surface area contributed by atoms with Gasteiger partial charge in [-0.15, -0.1) is 0 Å². The average Bonchev–Trinajstić information content (AvgIpc) is 2.73. The molecule has 1 aromatic rings. The van der Waals surface area contributed by atoms with Gasteiger partial charge in [0.15, 0.2) is 5.60 Å². The Bertz CT molecular complexity index is 622. The molecule has 0 aromatic carbocycles. The Kier molecular flexibility index (Phi) is 3.74. The van der Waals surface area contributed by atoms with Gasteiger partial charge in [-0.05, 0) is 6.07 Å². The van der Waals surface area contributed by atoms with E-state index < -0.39 is 41.3 Å². The van der Waals surface area contributed by atoms with Crippen LogP contribution in [0, 0.1) is 0 Å². The van der Waals surface area contributed by atoms with Crippen LogP contribution in [-0.4, -0.2) is 47.7 Å². The van der Waals surface area contributed by atoms with E-state index in [1.54, 1.807) is 0 Å². The molecule has 5 nitrogen and oxygen atoms in total. The number of alkyl halides is 3. The van der Waals surface area contributed by atoms with E-state index >= 15 is 0 Å². The van der Waals surface area contributed by atoms with Crippen molar-refractivity contribution in [2.24, 2.45) is 0 Å². The molecular formula is C10H10ClF3N2O3S. The summed E-state index contributed by atoms with van der Waals surface area (Å²) in [5, 5.41) is 9.54. The van der Waals surface area contributed by atoms with Gasteiger partial charge in [0.05, 0.1) is 11.6 Å². The highest BCUT2D eigenvalue weighted by Gasteiger charge is 2.58. The smallest absolute Gasteiger partial charge is 0.379 e. The van der Waals surface area contributed by atoms with Crippen LogP contribution in [0.5, 0.6) is 0 Å². The van der Waals surface area contributed by atoms with Crippen molar-refractivity contribution < 1.29 is 26.7 Å². The minimum absolute atomic E-state index is 0.0522. The Morgan fingerprint density at radius 2 is 2.05 bits per heavy atom. The maximum absolute atomic E-state index is 12.7. The molecule has 1 aliphatic heterocycles. The monoisotopic (exact) mass is 330 g/mol. The summed E-state index contributed by atoms with van der Waals surface area (Å²) in [5.74, 6) is 0. The highest BCUT2D eigenvalue weighted by atomic mass is 35.5. The number of aromatic nitrogens is 1. The SMILES string of the molecule is O=S(=O)(c1cncc(Cl)c1)N1CC[C@](O)(C(F)(F)F)C1. The lowest BCUT2D eigenvalue weighted by molar-refractivity contribution is -0.252. The van der Waals surface area contributed by atoms with Crippen molar-refractivity contribution in [3.63, 3.8) is 0 Å². The zero-order chi connectivity index (χ0) is 15.2. The van der Waals surface area contributed by atoms with Crippen molar-refractivity contribution in [3.8, 4) is 0 Å². The largest absolute Gasteiger partial charge is 0.418 e. The van der Waals surface area contributed by atoms with Gasteiger partial charge in [0, 0.05) is 25.4 Å². The van der Waals surface area contributed by atoms with Crippen molar-refractivity contribution >= 4 is 21.6 Å². The predicted octanol–water partition coefficient (Wildman–Crippen LogP) is 1.42. The van der Waals surface area contributed by atoms with Crippen molar-refractivity contribution in [2.75, 3.05) is 13.1 Å². The van der Waals surface area contributed by atoms with E-state index in [2.05, 4.69) is 4.98 Å². The summed E-state index contributed by atoms with van der Waals surface area (Å²) in [6.45, 7) is -1.46. The molecule has 0 radical (unpaired) electrons. The van der Waals surface area contributed by atoms with Crippen LogP contribution in [0.1, 0.15) is 6.42 Å². The van der Waals surface area contributed by atoms with E-state index in [1.165, 1.54) is 6.20 Å². The molecule has 1 saturated heterocycles. The molecule has 1 fully saturated rings. The molecule has 112 valence electrons. The second-order valence-electron chi connectivity index (χ2n) is 4.46. The Hall–Kier alpha value is -0.900. The van der Waals surface area contributed by atoms with Gasteiger partial charge in [-0.25, -0.2) is 8.42 Å². The molecule has 1 atom stereocenters. The topological polar surface area (TPSA) is 70.5 Å². The van der Waals surface area contributed by atoms with Crippen molar-refractivity contribution in [3.05, 3.63) is 23.5 Å². The minimum Gasteiger partial charge on any atom is -0.379 e. The number of hydrogen-bond donors (Lipinski definition) is 1. The van der Waals surface area contributed by atoms with E-state index in [1.807, 2.05) is 0 Å². The van der Waals surface area contributed by atoms with Gasteiger partial charge in [-0.2, -0.15) is 17.5 Å². The highest BCUT2D eigenvalue weighted by molar-refractivity contribution is 7.89. The zero-order valence-corrected chi connectivity index (χ0v) is 11.5. The van der Waals surface area contributed by atoms with Gasteiger partial charge in [-0.3, -0.25) is 4.98 Å². The summed E-state index contributed by atoms with van der Waals surface area (Å²) >= 11 is 5.61. The number of β-amino-alcohol motifs (C(OH)–C–C–N with tert-alkyl or cyclic N) is 1. The maximum Gasteiger partial charge on any atom is 0.418 e. The predicted molar refractivity (Wildman–Crippen MR) is 63.6 cm³/mol. The number of halogens is 4. The van der Waals surface area contributed by atoms with Crippen LogP contribution in [0.2, 0.25) is 5.02 Å². The van der Waals surface area contributed by atoms with Crippen LogP contribution >= 0.6 is 11.6 Å². The highest BCUT2D eigenvalue weighted by Crippen LogP contribution is 2.39. The first-order valence-electron chi connectivity index (χ1n) is 5.46. The van der Waals surface area contributed by atoms with Crippen LogP contribution in [0.15, 0.2) is 23.4 Å². The quantitative estimate of drug-likeness (QED) is 0.890. The van der Waals surface area contributed by atoms with Crippen LogP contribution in [0.4, 0.5) is 13.2 Å². The lowest BCUT2D eigenvalue weighted by Gasteiger charge is -2.25. The fourth-order valence-corrected chi connectivity index (χ4v) is 3.60. The molecule has 1 aromatic heterocycles. The Morgan fingerprint density at radius 3 is 2.55 bits per heavy atom. The maximum atomic E-state index is 12.7. The van der Waals surface area contributed by atoms with Gasteiger partial charge in [0.2, 0.25) is 10.0 Å². The molecule has 1 aliphatic rings. The third-order valence-corrected chi connectivity index (χ3v) is 5.08. The number of pyridine rings is 1. The first-order valence-corrected chi connectivity index (χ1v) is 7.28. The van der Waals surface area contributed by atoms with Gasteiger partial charge >= 0.3 is 6.18 Å². The molecule has 0 unspecified atom stereocenters. The van der Waals surface area contributed by atoms with Crippen LogP contribution in [0.3, 0.4) is 0 Å². The summed E-state index contributed by atoms with van der Waals surface area (Å²) in [6.07, 6.45) is -3.39. The van der Waals surface area contributed by atoms with Gasteiger partial charge < -0.3 is 5.11 Å². The number of nitrogens with zero attached hydrogens (tertiary/aromatic N) is 2. The lowest BCUT2D eigenvalue weighted by Crippen LogP contribution is -2.48. The Balaban J connectivity index is 2.30. The molecule has 0 amide bonds. The second kappa shape index (κ2) is 4.83. The Labute approximate surface area is 118 Å². The molecule has 1 N–H and O–H groups in total. The van der Waals surface area contributed by atoms with E-state index in [4.69, 9.17) is 11.6 Å². The van der Waals surface area contributed by atoms with Crippen molar-refractivity contribution in [1.29, 1.82) is 0 Å². The third kappa shape index (κ3) is 2.62. The fourth-order valence-electron chi connectivity index (χ4n) is 1.88. The first-order chi connectivity index (χ1) is 9.06. The molecule has 0 saturated carbocycles. The Morgan fingerprint density at radius 1 is 1.40 bits per heavy atom. The standard InChI is InChI=1S/C10H10ClF3N2O3S/c11-7-3-8(5-15-4-7)20(18,19)16-2-1-9(17,6-16)10(12,13)14/h3-5,17H,1-2,6H2/t9-/m1/s1. The van der Waals surface area contributed by atoms with Crippen molar-refractivity contribution in [2.45, 2.75) is 23.1 Å². The molecule has 10 heteroatoms. The molecule has 2 rings (SSSR count). The lowest BCUT2D eigenvalue weighted by atomic mass is 10.0. The van der Waals surface area contributed by atoms with E-state index in [0.29, 0.717) is 4.31 Å². The molecule has 0 aliphatic carbocycles. The number of sulfonamides is 1. The van der Waals surface area contributed by atoms with Gasteiger partial charge in [0.1, 0.15) is 4.90 Å². The van der Waals surface area contributed by atoms with Crippen LogP contribution in [-0.2, 0) is 10.0 Å². The summed E-state index contributed by atoms with van der Waals surface area (Å²) < 4.78 is 62.9. The molecule has 20 heavy (non-hydrogen) atoms. The molecular weight excluding hydrogens is 321 g/mol. The van der Waals surface area contributed by atoms with Gasteiger partial charge in [-0.1, -0.05) is 11.6 Å². The summed E-state index contributed by atoms with van der Waals surface area (Å²) in [6, 6.07) is 1.09.